The van der Waals surface area contributed by atoms with Crippen molar-refractivity contribution in [3.63, 3.8) is 0 Å². The largest absolute Gasteiger partial charge is 0.382 e. The van der Waals surface area contributed by atoms with Crippen LogP contribution >= 0.6 is 11.8 Å². The fourth-order valence-corrected chi connectivity index (χ4v) is 2.61. The van der Waals surface area contributed by atoms with Gasteiger partial charge in [-0.2, -0.15) is 0 Å². The van der Waals surface area contributed by atoms with Crippen LogP contribution in [0, 0.1) is 0 Å². The average molecular weight is 216 g/mol. The van der Waals surface area contributed by atoms with Gasteiger partial charge in [0.25, 0.3) is 0 Å². The summed E-state index contributed by atoms with van der Waals surface area (Å²) in [5, 5.41) is 4.48. The molecule has 0 radical (unpaired) electrons. The number of amidine groups is 1. The van der Waals surface area contributed by atoms with E-state index >= 15 is 0 Å². The van der Waals surface area contributed by atoms with Gasteiger partial charge < -0.3 is 10.1 Å². The zero-order valence-electron chi connectivity index (χ0n) is 9.46. The number of ether oxygens (including phenoxy) is 1. The van der Waals surface area contributed by atoms with Crippen LogP contribution in [0.4, 0.5) is 0 Å². The number of rotatable bonds is 4. The molecule has 4 heteroatoms. The molecular formula is C10H20N2OS. The number of hydrogen-bond donors (Lipinski definition) is 1. The number of hydrogen-bond acceptors (Lipinski definition) is 4. The molecule has 1 rings (SSSR count). The monoisotopic (exact) mass is 216 g/mol. The number of nitrogens with one attached hydrogen (secondary N) is 1. The van der Waals surface area contributed by atoms with E-state index in [9.17, 15) is 0 Å². The first-order valence-electron chi connectivity index (χ1n) is 5.05. The van der Waals surface area contributed by atoms with Crippen LogP contribution in [0.1, 0.15) is 27.2 Å². The van der Waals surface area contributed by atoms with Gasteiger partial charge in [0, 0.05) is 12.9 Å². The Labute approximate surface area is 90.7 Å². The molecule has 0 amide bonds. The van der Waals surface area contributed by atoms with Crippen LogP contribution in [0.2, 0.25) is 0 Å². The van der Waals surface area contributed by atoms with Crippen LogP contribution in [-0.2, 0) is 4.74 Å². The lowest BCUT2D eigenvalue weighted by Gasteiger charge is -2.25. The lowest BCUT2D eigenvalue weighted by molar-refractivity contribution is 0.140. The molecule has 1 aliphatic rings. The van der Waals surface area contributed by atoms with Gasteiger partial charge >= 0.3 is 0 Å². The van der Waals surface area contributed by atoms with E-state index in [0.717, 1.165) is 17.3 Å². The van der Waals surface area contributed by atoms with Crippen LogP contribution in [-0.4, -0.2) is 36.2 Å². The van der Waals surface area contributed by atoms with Crippen molar-refractivity contribution in [2.24, 2.45) is 4.99 Å². The molecule has 82 valence electrons. The Morgan fingerprint density at radius 1 is 1.64 bits per heavy atom. The number of aliphatic imine (C=N–C) groups is 1. The molecule has 14 heavy (non-hydrogen) atoms. The molecule has 1 aliphatic heterocycles. The highest BCUT2D eigenvalue weighted by Gasteiger charge is 2.23. The Morgan fingerprint density at radius 3 is 2.86 bits per heavy atom. The van der Waals surface area contributed by atoms with Crippen molar-refractivity contribution in [2.75, 3.05) is 19.5 Å². The molecule has 0 saturated heterocycles. The minimum absolute atomic E-state index is 0.0246. The van der Waals surface area contributed by atoms with Crippen molar-refractivity contribution >= 4 is 16.9 Å². The lowest BCUT2D eigenvalue weighted by atomic mass is 10.1. The Bertz CT molecular complexity index is 216. The Kier molecular flexibility index (Phi) is 4.26. The smallest absolute Gasteiger partial charge is 0.157 e. The van der Waals surface area contributed by atoms with E-state index in [2.05, 4.69) is 31.1 Å². The molecule has 1 atom stereocenters. The van der Waals surface area contributed by atoms with Crippen molar-refractivity contribution in [1.29, 1.82) is 0 Å². The predicted octanol–water partition coefficient (Wildman–Crippen LogP) is 1.88. The quantitative estimate of drug-likeness (QED) is 0.779. The molecule has 1 N–H and O–H groups in total. The van der Waals surface area contributed by atoms with Crippen molar-refractivity contribution in [3.8, 4) is 0 Å². The molecule has 0 spiro atoms. The summed E-state index contributed by atoms with van der Waals surface area (Å²) in [6.45, 7) is 7.12. The minimum Gasteiger partial charge on any atom is -0.382 e. The van der Waals surface area contributed by atoms with Crippen molar-refractivity contribution < 1.29 is 4.74 Å². The van der Waals surface area contributed by atoms with E-state index in [0.29, 0.717) is 12.6 Å². The highest BCUT2D eigenvalue weighted by molar-refractivity contribution is 8.14. The van der Waals surface area contributed by atoms with Gasteiger partial charge in [-0.1, -0.05) is 18.7 Å². The second-order valence-corrected chi connectivity index (χ2v) is 5.26. The maximum absolute atomic E-state index is 5.14. The first kappa shape index (κ1) is 11.9. The van der Waals surface area contributed by atoms with E-state index in [-0.39, 0.29) is 5.54 Å². The lowest BCUT2D eigenvalue weighted by Crippen LogP contribution is -2.45. The average Bonchev–Trinajstić information content (AvgIpc) is 2.51. The van der Waals surface area contributed by atoms with E-state index in [1.165, 1.54) is 0 Å². The third-order valence-corrected chi connectivity index (χ3v) is 3.17. The minimum atomic E-state index is -0.0246. The Balaban J connectivity index is 2.44. The molecule has 0 aromatic carbocycles. The highest BCUT2D eigenvalue weighted by atomic mass is 32.2. The SMILES string of the molecule is CCC1CSC(NC(C)(C)COC)=N1. The van der Waals surface area contributed by atoms with Crippen LogP contribution in [0.3, 0.4) is 0 Å². The van der Waals surface area contributed by atoms with Crippen molar-refractivity contribution in [1.82, 2.24) is 5.32 Å². The summed E-state index contributed by atoms with van der Waals surface area (Å²) in [7, 11) is 1.72. The maximum atomic E-state index is 5.14. The Hall–Kier alpha value is -0.220. The molecule has 0 aromatic heterocycles. The molecule has 0 fully saturated rings. The molecule has 0 aromatic rings. The summed E-state index contributed by atoms with van der Waals surface area (Å²) in [5.41, 5.74) is -0.0246. The van der Waals surface area contributed by atoms with Crippen molar-refractivity contribution in [2.45, 2.75) is 38.8 Å². The van der Waals surface area contributed by atoms with Crippen LogP contribution < -0.4 is 5.32 Å². The maximum Gasteiger partial charge on any atom is 0.157 e. The number of thioether (sulfide) groups is 1. The molecule has 3 nitrogen and oxygen atoms in total. The summed E-state index contributed by atoms with van der Waals surface area (Å²) in [5.74, 6) is 1.11. The number of nitrogens with zero attached hydrogens (tertiary/aromatic N) is 1. The predicted molar refractivity (Wildman–Crippen MR) is 63.1 cm³/mol. The van der Waals surface area contributed by atoms with Crippen LogP contribution in [0.25, 0.3) is 0 Å². The van der Waals surface area contributed by atoms with E-state index in [1.54, 1.807) is 7.11 Å². The van der Waals surface area contributed by atoms with Gasteiger partial charge in [0.05, 0.1) is 18.2 Å². The van der Waals surface area contributed by atoms with E-state index in [1.807, 2.05) is 11.8 Å². The zero-order chi connectivity index (χ0) is 10.6. The summed E-state index contributed by atoms with van der Waals surface area (Å²) in [6, 6.07) is 0.501. The van der Waals surface area contributed by atoms with Gasteiger partial charge in [0.15, 0.2) is 5.17 Å². The first-order valence-corrected chi connectivity index (χ1v) is 6.03. The summed E-state index contributed by atoms with van der Waals surface area (Å²) >= 11 is 1.81. The summed E-state index contributed by atoms with van der Waals surface area (Å²) in [6.07, 6.45) is 1.13. The van der Waals surface area contributed by atoms with E-state index < -0.39 is 0 Å². The van der Waals surface area contributed by atoms with Gasteiger partial charge in [-0.15, -0.1) is 0 Å². The van der Waals surface area contributed by atoms with Gasteiger partial charge in [-0.05, 0) is 20.3 Å². The molecular weight excluding hydrogens is 196 g/mol. The zero-order valence-corrected chi connectivity index (χ0v) is 10.3. The second-order valence-electron chi connectivity index (χ2n) is 4.25. The fourth-order valence-electron chi connectivity index (χ4n) is 1.38. The first-order chi connectivity index (χ1) is 6.57. The fraction of sp³-hybridized carbons (Fsp3) is 0.900. The summed E-state index contributed by atoms with van der Waals surface area (Å²) < 4.78 is 5.14. The number of methoxy groups -OCH3 is 1. The van der Waals surface area contributed by atoms with Crippen molar-refractivity contribution in [3.05, 3.63) is 0 Å². The second kappa shape index (κ2) is 5.03. The van der Waals surface area contributed by atoms with Gasteiger partial charge in [-0.3, -0.25) is 4.99 Å². The van der Waals surface area contributed by atoms with Gasteiger partial charge in [0.2, 0.25) is 0 Å². The molecule has 0 aliphatic carbocycles. The molecule has 1 heterocycles. The normalized spacial score (nSPS) is 22.3. The Morgan fingerprint density at radius 2 is 2.36 bits per heavy atom. The highest BCUT2D eigenvalue weighted by Crippen LogP contribution is 2.20. The molecule has 1 unspecified atom stereocenters. The molecule has 0 saturated carbocycles. The van der Waals surface area contributed by atoms with Crippen LogP contribution in [0.15, 0.2) is 4.99 Å². The van der Waals surface area contributed by atoms with Crippen LogP contribution in [0.5, 0.6) is 0 Å². The standard InChI is InChI=1S/C10H20N2OS/c1-5-8-6-14-9(11-8)12-10(2,3)7-13-4/h8H,5-7H2,1-4H3,(H,11,12). The summed E-state index contributed by atoms with van der Waals surface area (Å²) in [4.78, 5) is 4.59. The molecule has 0 bridgehead atoms. The topological polar surface area (TPSA) is 33.6 Å². The third kappa shape index (κ3) is 3.50. The van der Waals surface area contributed by atoms with Gasteiger partial charge in [-0.25, -0.2) is 0 Å². The van der Waals surface area contributed by atoms with Gasteiger partial charge in [0.1, 0.15) is 0 Å². The van der Waals surface area contributed by atoms with E-state index in [4.69, 9.17) is 4.74 Å². The third-order valence-electron chi connectivity index (χ3n) is 2.13.